The van der Waals surface area contributed by atoms with Crippen LogP contribution in [0.4, 0.5) is 0 Å². The van der Waals surface area contributed by atoms with E-state index in [9.17, 15) is 8.42 Å². The van der Waals surface area contributed by atoms with Crippen molar-refractivity contribution in [1.82, 2.24) is 10.2 Å². The van der Waals surface area contributed by atoms with Gasteiger partial charge in [-0.25, -0.2) is 8.42 Å². The van der Waals surface area contributed by atoms with E-state index in [1.807, 2.05) is 0 Å². The number of nitrogens with one attached hydrogen (secondary N) is 1. The highest BCUT2D eigenvalue weighted by atomic mass is 32.2. The molecular formula is C15H26N2O3S. The van der Waals surface area contributed by atoms with Gasteiger partial charge in [-0.15, -0.1) is 0 Å². The third-order valence-corrected chi connectivity index (χ3v) is 5.49. The fourth-order valence-corrected chi connectivity index (χ4v) is 3.82. The number of furan rings is 1. The Morgan fingerprint density at radius 3 is 2.81 bits per heavy atom. The zero-order chi connectivity index (χ0) is 15.5. The van der Waals surface area contributed by atoms with Crippen molar-refractivity contribution in [2.45, 2.75) is 46.3 Å². The summed E-state index contributed by atoms with van der Waals surface area (Å²) in [5.74, 6) is 2.46. The number of hydrogen-bond acceptors (Lipinski definition) is 5. The van der Waals surface area contributed by atoms with Crippen molar-refractivity contribution in [1.29, 1.82) is 0 Å². The molecule has 0 saturated carbocycles. The van der Waals surface area contributed by atoms with E-state index in [1.54, 1.807) is 0 Å². The molecule has 1 N–H and O–H groups in total. The molecule has 0 aromatic carbocycles. The lowest BCUT2D eigenvalue weighted by Crippen LogP contribution is -2.26. The minimum Gasteiger partial charge on any atom is -0.463 e. The lowest BCUT2D eigenvalue weighted by molar-refractivity contribution is 0.258. The maximum Gasteiger partial charge on any atom is 0.151 e. The average molecular weight is 314 g/mol. The molecule has 1 saturated heterocycles. The van der Waals surface area contributed by atoms with Gasteiger partial charge in [-0.2, -0.15) is 0 Å². The van der Waals surface area contributed by atoms with Gasteiger partial charge >= 0.3 is 0 Å². The minimum atomic E-state index is -2.85. The van der Waals surface area contributed by atoms with Crippen LogP contribution in [-0.4, -0.2) is 44.0 Å². The molecule has 5 nitrogen and oxygen atoms in total. The number of rotatable bonds is 5. The first-order valence-corrected chi connectivity index (χ1v) is 9.42. The second kappa shape index (κ2) is 6.94. The molecule has 1 aliphatic rings. The Hall–Kier alpha value is -0.850. The highest BCUT2D eigenvalue weighted by Crippen LogP contribution is 2.17. The van der Waals surface area contributed by atoms with Crippen LogP contribution >= 0.6 is 0 Å². The van der Waals surface area contributed by atoms with Gasteiger partial charge in [-0.3, -0.25) is 4.90 Å². The molecule has 0 atom stereocenters. The summed E-state index contributed by atoms with van der Waals surface area (Å²) < 4.78 is 29.1. The maximum atomic E-state index is 11.6. The van der Waals surface area contributed by atoms with E-state index in [0.717, 1.165) is 30.2 Å². The standard InChI is InChI=1S/C15H26N2O3S/c1-12(2)16-10-15-13(3)9-14(20-15)11-17-5-4-7-21(18,19)8-6-17/h9,12,16H,4-8,10-11H2,1-3H3. The Bertz CT molecular complexity index is 563. The molecule has 2 rings (SSSR count). The Balaban J connectivity index is 1.95. The number of nitrogens with zero attached hydrogens (tertiary/aromatic N) is 1. The first-order chi connectivity index (χ1) is 9.85. The van der Waals surface area contributed by atoms with Crippen LogP contribution in [0.25, 0.3) is 0 Å². The van der Waals surface area contributed by atoms with Gasteiger partial charge in [0, 0.05) is 12.6 Å². The molecular weight excluding hydrogens is 288 g/mol. The van der Waals surface area contributed by atoms with Crippen LogP contribution in [0, 0.1) is 6.92 Å². The van der Waals surface area contributed by atoms with E-state index in [-0.39, 0.29) is 5.75 Å². The molecule has 0 amide bonds. The van der Waals surface area contributed by atoms with Crippen LogP contribution in [0.15, 0.2) is 10.5 Å². The van der Waals surface area contributed by atoms with Crippen LogP contribution in [0.2, 0.25) is 0 Å². The van der Waals surface area contributed by atoms with Crippen molar-refractivity contribution in [3.05, 3.63) is 23.2 Å². The molecule has 0 aliphatic carbocycles. The molecule has 0 spiro atoms. The fourth-order valence-electron chi connectivity index (χ4n) is 2.51. The van der Waals surface area contributed by atoms with Gasteiger partial charge < -0.3 is 9.73 Å². The van der Waals surface area contributed by atoms with Gasteiger partial charge in [-0.1, -0.05) is 13.8 Å². The van der Waals surface area contributed by atoms with Crippen molar-refractivity contribution in [2.75, 3.05) is 24.6 Å². The Labute approximate surface area is 127 Å². The molecule has 1 aromatic heterocycles. The summed E-state index contributed by atoms with van der Waals surface area (Å²) in [6, 6.07) is 2.49. The second-order valence-corrected chi connectivity index (χ2v) is 8.44. The summed E-state index contributed by atoms with van der Waals surface area (Å²) in [4.78, 5) is 2.17. The summed E-state index contributed by atoms with van der Waals surface area (Å²) in [5, 5.41) is 3.35. The fraction of sp³-hybridized carbons (Fsp3) is 0.733. The highest BCUT2D eigenvalue weighted by Gasteiger charge is 2.20. The molecule has 21 heavy (non-hydrogen) atoms. The lowest BCUT2D eigenvalue weighted by Gasteiger charge is -2.17. The van der Waals surface area contributed by atoms with Crippen LogP contribution in [0.5, 0.6) is 0 Å². The van der Waals surface area contributed by atoms with Gasteiger partial charge in [0.2, 0.25) is 0 Å². The Morgan fingerprint density at radius 2 is 2.10 bits per heavy atom. The van der Waals surface area contributed by atoms with E-state index in [4.69, 9.17) is 4.42 Å². The van der Waals surface area contributed by atoms with Crippen LogP contribution in [-0.2, 0) is 22.9 Å². The minimum absolute atomic E-state index is 0.258. The van der Waals surface area contributed by atoms with Gasteiger partial charge in [0.1, 0.15) is 11.5 Å². The molecule has 1 aliphatic heterocycles. The number of hydrogen-bond donors (Lipinski definition) is 1. The summed E-state index contributed by atoms with van der Waals surface area (Å²) in [6.07, 6.45) is 0.712. The van der Waals surface area contributed by atoms with Gasteiger partial charge in [-0.05, 0) is 31.5 Å². The Kier molecular flexibility index (Phi) is 5.46. The maximum absolute atomic E-state index is 11.6. The average Bonchev–Trinajstić information content (AvgIpc) is 2.63. The van der Waals surface area contributed by atoms with Crippen molar-refractivity contribution in [3.8, 4) is 0 Å². The molecule has 0 bridgehead atoms. The topological polar surface area (TPSA) is 62.6 Å². The summed E-state index contributed by atoms with van der Waals surface area (Å²) >= 11 is 0. The second-order valence-electron chi connectivity index (χ2n) is 6.14. The summed E-state index contributed by atoms with van der Waals surface area (Å²) in [5.41, 5.74) is 1.15. The predicted molar refractivity (Wildman–Crippen MR) is 84.0 cm³/mol. The molecule has 0 unspecified atom stereocenters. The van der Waals surface area contributed by atoms with E-state index in [2.05, 4.69) is 37.1 Å². The van der Waals surface area contributed by atoms with Crippen molar-refractivity contribution >= 4 is 9.84 Å². The number of aryl methyl sites for hydroxylation is 1. The van der Waals surface area contributed by atoms with Crippen molar-refractivity contribution in [3.63, 3.8) is 0 Å². The van der Waals surface area contributed by atoms with Crippen molar-refractivity contribution < 1.29 is 12.8 Å². The molecule has 2 heterocycles. The molecule has 1 aromatic rings. The van der Waals surface area contributed by atoms with E-state index >= 15 is 0 Å². The van der Waals surface area contributed by atoms with E-state index in [1.165, 1.54) is 0 Å². The monoisotopic (exact) mass is 314 g/mol. The normalized spacial score (nSPS) is 19.8. The van der Waals surface area contributed by atoms with Gasteiger partial charge in [0.25, 0.3) is 0 Å². The number of sulfone groups is 1. The largest absolute Gasteiger partial charge is 0.463 e. The lowest BCUT2D eigenvalue weighted by atomic mass is 10.2. The van der Waals surface area contributed by atoms with Gasteiger partial charge in [0.05, 0.1) is 24.6 Å². The van der Waals surface area contributed by atoms with Crippen LogP contribution < -0.4 is 5.32 Å². The third kappa shape index (κ3) is 5.13. The smallest absolute Gasteiger partial charge is 0.151 e. The van der Waals surface area contributed by atoms with Crippen LogP contribution in [0.3, 0.4) is 0 Å². The zero-order valence-corrected chi connectivity index (χ0v) is 14.0. The first kappa shape index (κ1) is 16.5. The SMILES string of the molecule is Cc1cc(CN2CCCS(=O)(=O)CC2)oc1CNC(C)C. The van der Waals surface area contributed by atoms with Gasteiger partial charge in [0.15, 0.2) is 9.84 Å². The summed E-state index contributed by atoms with van der Waals surface area (Å²) in [6.45, 7) is 9.11. The van der Waals surface area contributed by atoms with Crippen molar-refractivity contribution in [2.24, 2.45) is 0 Å². The highest BCUT2D eigenvalue weighted by molar-refractivity contribution is 7.91. The zero-order valence-electron chi connectivity index (χ0n) is 13.2. The first-order valence-electron chi connectivity index (χ1n) is 7.60. The third-order valence-electron chi connectivity index (χ3n) is 3.77. The summed E-state index contributed by atoms with van der Waals surface area (Å²) in [7, 11) is -2.85. The van der Waals surface area contributed by atoms with Crippen LogP contribution in [0.1, 0.15) is 37.4 Å². The Morgan fingerprint density at radius 1 is 1.33 bits per heavy atom. The molecule has 120 valence electrons. The molecule has 6 heteroatoms. The molecule has 1 fully saturated rings. The quantitative estimate of drug-likeness (QED) is 0.896. The molecule has 0 radical (unpaired) electrons. The predicted octanol–water partition coefficient (Wildman–Crippen LogP) is 1.71. The van der Waals surface area contributed by atoms with E-state index < -0.39 is 9.84 Å². The van der Waals surface area contributed by atoms with E-state index in [0.29, 0.717) is 31.3 Å².